The lowest BCUT2D eigenvalue weighted by atomic mass is 10.2. The van der Waals surface area contributed by atoms with Crippen LogP contribution in [0.15, 0.2) is 29.3 Å². The highest BCUT2D eigenvalue weighted by atomic mass is 35.5. The third kappa shape index (κ3) is 2.86. The van der Waals surface area contributed by atoms with Crippen LogP contribution in [0.25, 0.3) is 0 Å². The highest BCUT2D eigenvalue weighted by Gasteiger charge is 2.25. The summed E-state index contributed by atoms with van der Waals surface area (Å²) in [6.45, 7) is 0. The molecular formula is C11H11Cl2N3O2. The molecule has 0 unspecified atom stereocenters. The summed E-state index contributed by atoms with van der Waals surface area (Å²) in [5, 5.41) is 5.11. The predicted molar refractivity (Wildman–Crippen MR) is 70.5 cm³/mol. The molecular weight excluding hydrogens is 277 g/mol. The van der Waals surface area contributed by atoms with Gasteiger partial charge < -0.3 is 10.1 Å². The molecule has 0 aromatic heterocycles. The molecule has 0 saturated carbocycles. The number of ether oxygens (including phenoxy) is 1. The minimum atomic E-state index is -0.802. The number of nitrogens with zero attached hydrogens (tertiary/aromatic N) is 1. The minimum absolute atomic E-state index is 0.382. The van der Waals surface area contributed by atoms with Crippen molar-refractivity contribution in [3.8, 4) is 5.75 Å². The van der Waals surface area contributed by atoms with Crippen molar-refractivity contribution in [2.24, 2.45) is 4.99 Å². The number of nitrogens with one attached hydrogen (secondary N) is 2. The first-order valence-corrected chi connectivity index (χ1v) is 6.05. The molecule has 96 valence electrons. The van der Waals surface area contributed by atoms with Gasteiger partial charge in [-0.3, -0.25) is 5.32 Å². The Labute approximate surface area is 114 Å². The van der Waals surface area contributed by atoms with Gasteiger partial charge in [-0.25, -0.2) is 9.79 Å². The molecule has 1 aliphatic rings. The summed E-state index contributed by atoms with van der Waals surface area (Å²) in [7, 11) is 1.58. The number of carbonyl (C=O) groups is 1. The Hall–Kier alpha value is -1.46. The first kappa shape index (κ1) is 13.0. The Balaban J connectivity index is 2.27. The van der Waals surface area contributed by atoms with E-state index in [0.717, 1.165) is 11.3 Å². The largest absolute Gasteiger partial charge is 0.497 e. The molecule has 1 atom stereocenters. The normalized spacial score (nSPS) is 19.0. The zero-order chi connectivity index (χ0) is 13.1. The monoisotopic (exact) mass is 287 g/mol. The van der Waals surface area contributed by atoms with E-state index in [-0.39, 0.29) is 6.03 Å². The highest BCUT2D eigenvalue weighted by molar-refractivity contribution is 6.45. The van der Waals surface area contributed by atoms with Gasteiger partial charge in [0.25, 0.3) is 0 Å². The Morgan fingerprint density at radius 1 is 1.33 bits per heavy atom. The van der Waals surface area contributed by atoms with Crippen molar-refractivity contribution in [1.29, 1.82) is 0 Å². The van der Waals surface area contributed by atoms with Crippen molar-refractivity contribution in [1.82, 2.24) is 10.6 Å². The number of amidine groups is 1. The molecule has 1 heterocycles. The number of hydrogen-bond acceptors (Lipinski definition) is 3. The molecule has 0 spiro atoms. The summed E-state index contributed by atoms with van der Waals surface area (Å²) in [6, 6.07) is 6.75. The molecule has 7 heteroatoms. The zero-order valence-electron chi connectivity index (χ0n) is 9.48. The summed E-state index contributed by atoms with van der Waals surface area (Å²) in [5.74, 6) is 1.15. The molecule has 18 heavy (non-hydrogen) atoms. The van der Waals surface area contributed by atoms with Gasteiger partial charge in [0, 0.05) is 5.56 Å². The standard InChI is InChI=1S/C11H11Cl2N3O2/c1-18-7-4-2-6(3-5-7)9-14-10(8(12)13)16-11(17)15-9/h2-5,8,10H,1H3,(H2,14,15,16,17)/t10-/m0/s1. The number of carbonyl (C=O) groups excluding carboxylic acids is 1. The van der Waals surface area contributed by atoms with E-state index in [1.807, 2.05) is 0 Å². The lowest BCUT2D eigenvalue weighted by molar-refractivity contribution is 0.240. The van der Waals surface area contributed by atoms with Gasteiger partial charge in [-0.2, -0.15) is 0 Å². The van der Waals surface area contributed by atoms with E-state index in [0.29, 0.717) is 5.84 Å². The maximum atomic E-state index is 11.4. The van der Waals surface area contributed by atoms with Gasteiger partial charge in [0.1, 0.15) is 16.4 Å². The Kier molecular flexibility index (Phi) is 3.93. The number of rotatable bonds is 3. The molecule has 1 aromatic rings. The van der Waals surface area contributed by atoms with Crippen LogP contribution in [0, 0.1) is 0 Å². The van der Waals surface area contributed by atoms with Crippen LogP contribution in [0.3, 0.4) is 0 Å². The molecule has 0 aliphatic carbocycles. The third-order valence-electron chi connectivity index (χ3n) is 2.38. The molecule has 1 aliphatic heterocycles. The van der Waals surface area contributed by atoms with Gasteiger partial charge in [-0.05, 0) is 24.3 Å². The van der Waals surface area contributed by atoms with Crippen molar-refractivity contribution >= 4 is 35.1 Å². The second-order valence-corrected chi connectivity index (χ2v) is 4.75. The SMILES string of the molecule is COc1ccc(C2=N[C@H](C(Cl)Cl)NC(=O)N2)cc1. The van der Waals surface area contributed by atoms with Crippen LogP contribution >= 0.6 is 23.2 Å². The maximum Gasteiger partial charge on any atom is 0.322 e. The minimum Gasteiger partial charge on any atom is -0.497 e. The number of methoxy groups -OCH3 is 1. The molecule has 1 aromatic carbocycles. The van der Waals surface area contributed by atoms with Gasteiger partial charge in [-0.1, -0.05) is 0 Å². The predicted octanol–water partition coefficient (Wildman–Crippen LogP) is 1.88. The molecule has 0 saturated heterocycles. The number of alkyl halides is 2. The van der Waals surface area contributed by atoms with Crippen LogP contribution in [0.5, 0.6) is 5.75 Å². The topological polar surface area (TPSA) is 62.7 Å². The number of aliphatic imine (C=N–C) groups is 1. The molecule has 2 N–H and O–H groups in total. The zero-order valence-corrected chi connectivity index (χ0v) is 11.0. The lowest BCUT2D eigenvalue weighted by Crippen LogP contribution is -2.52. The van der Waals surface area contributed by atoms with Gasteiger partial charge in [0.2, 0.25) is 0 Å². The molecule has 2 amide bonds. The maximum absolute atomic E-state index is 11.4. The van der Waals surface area contributed by atoms with Crippen molar-refractivity contribution < 1.29 is 9.53 Å². The summed E-state index contributed by atoms with van der Waals surface area (Å²) < 4.78 is 5.06. The Bertz CT molecular complexity index is 474. The second kappa shape index (κ2) is 5.46. The van der Waals surface area contributed by atoms with Crippen LogP contribution in [0.2, 0.25) is 0 Å². The van der Waals surface area contributed by atoms with Crippen molar-refractivity contribution in [2.75, 3.05) is 7.11 Å². The average molecular weight is 288 g/mol. The first-order chi connectivity index (χ1) is 8.60. The van der Waals surface area contributed by atoms with Crippen molar-refractivity contribution in [2.45, 2.75) is 11.0 Å². The highest BCUT2D eigenvalue weighted by Crippen LogP contribution is 2.15. The van der Waals surface area contributed by atoms with Crippen molar-refractivity contribution in [3.63, 3.8) is 0 Å². The smallest absolute Gasteiger partial charge is 0.322 e. The number of urea groups is 1. The van der Waals surface area contributed by atoms with Crippen LogP contribution < -0.4 is 15.4 Å². The number of hydrogen-bond donors (Lipinski definition) is 2. The fourth-order valence-electron chi connectivity index (χ4n) is 1.50. The summed E-state index contributed by atoms with van der Waals surface area (Å²) in [6.07, 6.45) is -0.654. The van der Waals surface area contributed by atoms with E-state index in [9.17, 15) is 4.79 Å². The van der Waals surface area contributed by atoms with E-state index >= 15 is 0 Å². The molecule has 5 nitrogen and oxygen atoms in total. The first-order valence-electron chi connectivity index (χ1n) is 5.18. The van der Waals surface area contributed by atoms with Crippen LogP contribution in [-0.2, 0) is 0 Å². The van der Waals surface area contributed by atoms with E-state index in [4.69, 9.17) is 27.9 Å². The Morgan fingerprint density at radius 2 is 2.00 bits per heavy atom. The fraction of sp³-hybridized carbons (Fsp3) is 0.273. The van der Waals surface area contributed by atoms with Gasteiger partial charge in [0.15, 0.2) is 6.17 Å². The lowest BCUT2D eigenvalue weighted by Gasteiger charge is -2.23. The Morgan fingerprint density at radius 3 is 2.56 bits per heavy atom. The summed E-state index contributed by atoms with van der Waals surface area (Å²) in [5.41, 5.74) is 0.754. The summed E-state index contributed by atoms with van der Waals surface area (Å²) in [4.78, 5) is 14.9. The van der Waals surface area contributed by atoms with Crippen LogP contribution in [0.4, 0.5) is 4.79 Å². The molecule has 0 radical (unpaired) electrons. The van der Waals surface area contributed by atoms with Gasteiger partial charge in [-0.15, -0.1) is 23.2 Å². The van der Waals surface area contributed by atoms with E-state index in [1.165, 1.54) is 0 Å². The van der Waals surface area contributed by atoms with Gasteiger partial charge >= 0.3 is 6.03 Å². The van der Waals surface area contributed by atoms with Crippen LogP contribution in [0.1, 0.15) is 5.56 Å². The molecule has 0 fully saturated rings. The molecule has 2 rings (SSSR count). The summed E-state index contributed by atoms with van der Waals surface area (Å²) >= 11 is 11.4. The molecule has 0 bridgehead atoms. The number of benzene rings is 1. The quantitative estimate of drug-likeness (QED) is 0.834. The number of amides is 2. The van der Waals surface area contributed by atoms with E-state index < -0.39 is 11.0 Å². The van der Waals surface area contributed by atoms with Gasteiger partial charge in [0.05, 0.1) is 7.11 Å². The van der Waals surface area contributed by atoms with Crippen LogP contribution in [-0.4, -0.2) is 30.0 Å². The van der Waals surface area contributed by atoms with E-state index in [1.54, 1.807) is 31.4 Å². The van der Waals surface area contributed by atoms with E-state index in [2.05, 4.69) is 15.6 Å². The number of halogens is 2. The fourth-order valence-corrected chi connectivity index (χ4v) is 1.74. The second-order valence-electron chi connectivity index (χ2n) is 3.58. The average Bonchev–Trinajstić information content (AvgIpc) is 2.38. The third-order valence-corrected chi connectivity index (χ3v) is 2.86. The van der Waals surface area contributed by atoms with Crippen molar-refractivity contribution in [3.05, 3.63) is 29.8 Å².